The van der Waals surface area contributed by atoms with Gasteiger partial charge in [-0.15, -0.1) is 0 Å². The van der Waals surface area contributed by atoms with Gasteiger partial charge in [0.1, 0.15) is 6.33 Å². The molecule has 2 aromatic heterocycles. The molecule has 0 aliphatic heterocycles. The van der Waals surface area contributed by atoms with Crippen LogP contribution in [0.4, 0.5) is 0 Å². The number of aromatic nitrogens is 3. The van der Waals surface area contributed by atoms with Gasteiger partial charge in [0.25, 0.3) is 0 Å². The molecule has 0 bridgehead atoms. The van der Waals surface area contributed by atoms with E-state index < -0.39 is 0 Å². The predicted octanol–water partition coefficient (Wildman–Crippen LogP) is 3.21. The van der Waals surface area contributed by atoms with Crippen LogP contribution in [0.2, 0.25) is 0 Å². The average molecular weight is 233 g/mol. The van der Waals surface area contributed by atoms with Gasteiger partial charge in [0.15, 0.2) is 0 Å². The second-order valence-corrected chi connectivity index (χ2v) is 3.86. The minimum absolute atomic E-state index is 0.886. The molecule has 3 aromatic rings. The molecule has 3 rings (SSSR count). The molecule has 3 heteroatoms. The molecule has 0 saturated carbocycles. The van der Waals surface area contributed by atoms with Crippen molar-refractivity contribution in [2.75, 3.05) is 0 Å². The molecule has 2 heterocycles. The quantitative estimate of drug-likeness (QED) is 0.682. The van der Waals surface area contributed by atoms with Crippen molar-refractivity contribution < 1.29 is 0 Å². The molecule has 0 fully saturated rings. The Bertz CT molecular complexity index is 578. The van der Waals surface area contributed by atoms with Crippen LogP contribution in [0.3, 0.4) is 0 Å². The highest BCUT2D eigenvalue weighted by molar-refractivity contribution is 5.78. The summed E-state index contributed by atoms with van der Waals surface area (Å²) >= 11 is 0. The first-order valence-corrected chi connectivity index (χ1v) is 5.72. The molecule has 18 heavy (non-hydrogen) atoms. The summed E-state index contributed by atoms with van der Waals surface area (Å²) < 4.78 is 0. The van der Waals surface area contributed by atoms with Crippen LogP contribution in [0.1, 0.15) is 0 Å². The second kappa shape index (κ2) is 4.75. The van der Waals surface area contributed by atoms with E-state index in [1.807, 2.05) is 48.5 Å². The highest BCUT2D eigenvalue weighted by Gasteiger charge is 2.08. The lowest BCUT2D eigenvalue weighted by atomic mass is 10.0. The zero-order chi connectivity index (χ0) is 12.2. The molecular formula is C15H11N3. The van der Waals surface area contributed by atoms with Crippen molar-refractivity contribution in [1.82, 2.24) is 15.0 Å². The van der Waals surface area contributed by atoms with E-state index >= 15 is 0 Å². The molecule has 86 valence electrons. The fraction of sp³-hybridized carbons (Fsp3) is 0. The standard InChI is InChI=1S/C15H11N3/c1-2-5-12(6-3-1)15-13(7-4-9-17-15)14-8-10-16-11-18-14/h1-11H. The zero-order valence-electron chi connectivity index (χ0n) is 9.69. The van der Waals surface area contributed by atoms with Gasteiger partial charge in [0.2, 0.25) is 0 Å². The summed E-state index contributed by atoms with van der Waals surface area (Å²) in [4.78, 5) is 12.7. The summed E-state index contributed by atoms with van der Waals surface area (Å²) in [6, 6.07) is 15.9. The van der Waals surface area contributed by atoms with Crippen LogP contribution in [-0.4, -0.2) is 15.0 Å². The van der Waals surface area contributed by atoms with Gasteiger partial charge in [0, 0.05) is 23.5 Å². The lowest BCUT2D eigenvalue weighted by Gasteiger charge is -2.07. The SMILES string of the molecule is c1ccc(-c2ncccc2-c2ccncn2)cc1. The minimum atomic E-state index is 0.886. The molecule has 0 radical (unpaired) electrons. The molecule has 0 unspecified atom stereocenters. The van der Waals surface area contributed by atoms with Crippen molar-refractivity contribution >= 4 is 0 Å². The van der Waals surface area contributed by atoms with E-state index in [0.29, 0.717) is 0 Å². The molecule has 0 N–H and O–H groups in total. The molecule has 0 aliphatic rings. The molecule has 1 aromatic carbocycles. The largest absolute Gasteiger partial charge is 0.256 e. The minimum Gasteiger partial charge on any atom is -0.256 e. The lowest BCUT2D eigenvalue weighted by Crippen LogP contribution is -1.90. The van der Waals surface area contributed by atoms with E-state index in [0.717, 1.165) is 22.5 Å². The number of pyridine rings is 1. The predicted molar refractivity (Wildman–Crippen MR) is 70.7 cm³/mol. The van der Waals surface area contributed by atoms with Gasteiger partial charge in [-0.05, 0) is 18.2 Å². The number of hydrogen-bond acceptors (Lipinski definition) is 3. The molecule has 0 saturated heterocycles. The van der Waals surface area contributed by atoms with Crippen LogP contribution >= 0.6 is 0 Å². The smallest absolute Gasteiger partial charge is 0.116 e. The van der Waals surface area contributed by atoms with Crippen molar-refractivity contribution in [3.05, 3.63) is 67.3 Å². The third-order valence-corrected chi connectivity index (χ3v) is 2.71. The maximum atomic E-state index is 4.46. The Labute approximate surface area is 105 Å². The number of benzene rings is 1. The Morgan fingerprint density at radius 3 is 2.39 bits per heavy atom. The third-order valence-electron chi connectivity index (χ3n) is 2.71. The Balaban J connectivity index is 2.18. The van der Waals surface area contributed by atoms with Crippen molar-refractivity contribution in [2.45, 2.75) is 0 Å². The van der Waals surface area contributed by atoms with Gasteiger partial charge in [-0.2, -0.15) is 0 Å². The Hall–Kier alpha value is -2.55. The Kier molecular flexibility index (Phi) is 2.80. The Morgan fingerprint density at radius 2 is 1.61 bits per heavy atom. The van der Waals surface area contributed by atoms with Crippen molar-refractivity contribution in [3.8, 4) is 22.5 Å². The summed E-state index contributed by atoms with van der Waals surface area (Å²) in [5.74, 6) is 0. The highest BCUT2D eigenvalue weighted by atomic mass is 14.8. The van der Waals surface area contributed by atoms with E-state index in [4.69, 9.17) is 0 Å². The number of nitrogens with zero attached hydrogens (tertiary/aromatic N) is 3. The molecular weight excluding hydrogens is 222 g/mol. The third kappa shape index (κ3) is 1.98. The number of rotatable bonds is 2. The van der Waals surface area contributed by atoms with Crippen molar-refractivity contribution in [2.24, 2.45) is 0 Å². The summed E-state index contributed by atoms with van der Waals surface area (Å²) in [5, 5.41) is 0. The summed E-state index contributed by atoms with van der Waals surface area (Å²) in [7, 11) is 0. The molecule has 0 atom stereocenters. The topological polar surface area (TPSA) is 38.7 Å². The van der Waals surface area contributed by atoms with E-state index in [-0.39, 0.29) is 0 Å². The second-order valence-electron chi connectivity index (χ2n) is 3.86. The first-order chi connectivity index (χ1) is 8.95. The van der Waals surface area contributed by atoms with Gasteiger partial charge < -0.3 is 0 Å². The fourth-order valence-electron chi connectivity index (χ4n) is 1.89. The summed E-state index contributed by atoms with van der Waals surface area (Å²) in [6.45, 7) is 0. The normalized spacial score (nSPS) is 10.2. The maximum absolute atomic E-state index is 4.46. The summed E-state index contributed by atoms with van der Waals surface area (Å²) in [6.07, 6.45) is 5.09. The molecule has 0 amide bonds. The van der Waals surface area contributed by atoms with Gasteiger partial charge in [-0.1, -0.05) is 30.3 Å². The van der Waals surface area contributed by atoms with Gasteiger partial charge in [-0.25, -0.2) is 9.97 Å². The zero-order valence-corrected chi connectivity index (χ0v) is 9.69. The first kappa shape index (κ1) is 10.6. The van der Waals surface area contributed by atoms with Gasteiger partial charge in [-0.3, -0.25) is 4.98 Å². The molecule has 3 nitrogen and oxygen atoms in total. The van der Waals surface area contributed by atoms with Gasteiger partial charge >= 0.3 is 0 Å². The van der Waals surface area contributed by atoms with Crippen LogP contribution in [0, 0.1) is 0 Å². The highest BCUT2D eigenvalue weighted by Crippen LogP contribution is 2.27. The van der Waals surface area contributed by atoms with Crippen LogP contribution in [0.5, 0.6) is 0 Å². The fourth-order valence-corrected chi connectivity index (χ4v) is 1.89. The monoisotopic (exact) mass is 233 g/mol. The van der Waals surface area contributed by atoms with Crippen LogP contribution < -0.4 is 0 Å². The van der Waals surface area contributed by atoms with E-state index in [1.54, 1.807) is 18.7 Å². The average Bonchev–Trinajstić information content (AvgIpc) is 2.49. The van der Waals surface area contributed by atoms with E-state index in [2.05, 4.69) is 15.0 Å². The lowest BCUT2D eigenvalue weighted by molar-refractivity contribution is 1.17. The summed E-state index contributed by atoms with van der Waals surface area (Å²) in [5.41, 5.74) is 3.94. The van der Waals surface area contributed by atoms with E-state index in [9.17, 15) is 0 Å². The Morgan fingerprint density at radius 1 is 0.722 bits per heavy atom. The van der Waals surface area contributed by atoms with Gasteiger partial charge in [0.05, 0.1) is 11.4 Å². The van der Waals surface area contributed by atoms with Crippen LogP contribution in [0.25, 0.3) is 22.5 Å². The number of hydrogen-bond donors (Lipinski definition) is 0. The van der Waals surface area contributed by atoms with Crippen molar-refractivity contribution in [3.63, 3.8) is 0 Å². The van der Waals surface area contributed by atoms with Crippen LogP contribution in [-0.2, 0) is 0 Å². The molecule has 0 aliphatic carbocycles. The van der Waals surface area contributed by atoms with Crippen LogP contribution in [0.15, 0.2) is 67.3 Å². The maximum Gasteiger partial charge on any atom is 0.116 e. The van der Waals surface area contributed by atoms with E-state index in [1.165, 1.54) is 0 Å². The first-order valence-electron chi connectivity index (χ1n) is 5.72. The molecule has 0 spiro atoms. The van der Waals surface area contributed by atoms with Crippen molar-refractivity contribution in [1.29, 1.82) is 0 Å².